The zero-order valence-corrected chi connectivity index (χ0v) is 11.5. The van der Waals surface area contributed by atoms with Crippen LogP contribution in [0.4, 0.5) is 0 Å². The maximum atomic E-state index is 10.7. The largest absolute Gasteiger partial charge is 0.481 e. The summed E-state index contributed by atoms with van der Waals surface area (Å²) in [6.45, 7) is 4.07. The fourth-order valence-electron chi connectivity index (χ4n) is 1.47. The number of carboxylic acid groups (broad SMARTS) is 1. The fraction of sp³-hybridized carbons (Fsp3) is 0.333. The van der Waals surface area contributed by atoms with Crippen molar-refractivity contribution in [3.63, 3.8) is 0 Å². The van der Waals surface area contributed by atoms with Gasteiger partial charge in [-0.3, -0.25) is 4.79 Å². The first-order valence-corrected chi connectivity index (χ1v) is 6.79. The van der Waals surface area contributed by atoms with Gasteiger partial charge in [-0.05, 0) is 24.1 Å². The van der Waals surface area contributed by atoms with Gasteiger partial charge in [0, 0.05) is 6.20 Å². The highest BCUT2D eigenvalue weighted by atomic mass is 32.2. The van der Waals surface area contributed by atoms with E-state index >= 15 is 0 Å². The van der Waals surface area contributed by atoms with E-state index in [4.69, 9.17) is 5.11 Å². The molecule has 0 amide bonds. The number of hydrogen-bond donors (Lipinski definition) is 1. The Kier molecular flexibility index (Phi) is 4.16. The van der Waals surface area contributed by atoms with E-state index in [1.54, 1.807) is 23.0 Å². The van der Waals surface area contributed by atoms with E-state index in [2.05, 4.69) is 15.3 Å². The number of carbonyl (C=O) groups is 1. The van der Waals surface area contributed by atoms with Crippen molar-refractivity contribution in [1.29, 1.82) is 0 Å². The van der Waals surface area contributed by atoms with Gasteiger partial charge < -0.3 is 5.11 Å². The van der Waals surface area contributed by atoms with Gasteiger partial charge in [0.25, 0.3) is 0 Å². The van der Waals surface area contributed by atoms with E-state index < -0.39 is 5.97 Å². The van der Waals surface area contributed by atoms with E-state index in [0.29, 0.717) is 5.82 Å². The second kappa shape index (κ2) is 5.83. The van der Waals surface area contributed by atoms with Crippen LogP contribution in [0.3, 0.4) is 0 Å². The van der Waals surface area contributed by atoms with E-state index in [0.717, 1.165) is 10.7 Å². The molecule has 2 aromatic heterocycles. The van der Waals surface area contributed by atoms with Gasteiger partial charge in [0.15, 0.2) is 5.82 Å². The number of thioether (sulfide) groups is 1. The number of aliphatic carboxylic acids is 1. The standard InChI is InChI=1S/C12H14N4O2S/c1-8(2)9-6-11(19-7-12(17)18)16(15-9)10-4-3-5-13-14-10/h3-6,8H,7H2,1-2H3,(H,17,18). The first-order chi connectivity index (χ1) is 9.08. The Morgan fingerprint density at radius 1 is 1.53 bits per heavy atom. The number of nitrogens with zero attached hydrogens (tertiary/aromatic N) is 4. The van der Waals surface area contributed by atoms with Gasteiger partial charge in [-0.25, -0.2) is 4.68 Å². The Labute approximate surface area is 114 Å². The normalized spacial score (nSPS) is 10.9. The number of aromatic nitrogens is 4. The van der Waals surface area contributed by atoms with Crippen molar-refractivity contribution >= 4 is 17.7 Å². The molecule has 0 spiro atoms. The summed E-state index contributed by atoms with van der Waals surface area (Å²) in [5, 5.41) is 21.8. The van der Waals surface area contributed by atoms with Crippen molar-refractivity contribution in [1.82, 2.24) is 20.0 Å². The van der Waals surface area contributed by atoms with Crippen molar-refractivity contribution in [3.8, 4) is 5.82 Å². The Morgan fingerprint density at radius 2 is 2.32 bits per heavy atom. The van der Waals surface area contributed by atoms with E-state index in [1.165, 1.54) is 11.8 Å². The minimum absolute atomic E-state index is 0.0104. The lowest BCUT2D eigenvalue weighted by atomic mass is 10.1. The second-order valence-corrected chi connectivity index (χ2v) is 5.23. The Bertz CT molecular complexity index is 568. The lowest BCUT2D eigenvalue weighted by molar-refractivity contribution is -0.133. The third-order valence-corrected chi connectivity index (χ3v) is 3.38. The van der Waals surface area contributed by atoms with Crippen LogP contribution in [0.1, 0.15) is 25.5 Å². The average Bonchev–Trinajstić information content (AvgIpc) is 2.81. The SMILES string of the molecule is CC(C)c1cc(SCC(=O)O)n(-c2cccnn2)n1. The van der Waals surface area contributed by atoms with Gasteiger partial charge in [0.2, 0.25) is 0 Å². The topological polar surface area (TPSA) is 80.9 Å². The fourth-order valence-corrected chi connectivity index (χ4v) is 2.20. The summed E-state index contributed by atoms with van der Waals surface area (Å²) in [6, 6.07) is 5.45. The smallest absolute Gasteiger partial charge is 0.313 e. The van der Waals surface area contributed by atoms with Crippen LogP contribution in [0.2, 0.25) is 0 Å². The highest BCUT2D eigenvalue weighted by Crippen LogP contribution is 2.25. The van der Waals surface area contributed by atoms with Crippen molar-refractivity contribution in [2.45, 2.75) is 24.8 Å². The lowest BCUT2D eigenvalue weighted by Crippen LogP contribution is -2.04. The summed E-state index contributed by atoms with van der Waals surface area (Å²) >= 11 is 1.22. The first-order valence-electron chi connectivity index (χ1n) is 5.80. The zero-order valence-electron chi connectivity index (χ0n) is 10.6. The van der Waals surface area contributed by atoms with Gasteiger partial charge >= 0.3 is 5.97 Å². The van der Waals surface area contributed by atoms with Gasteiger partial charge in [0.05, 0.1) is 11.4 Å². The van der Waals surface area contributed by atoms with Crippen LogP contribution in [0, 0.1) is 0 Å². The van der Waals surface area contributed by atoms with Crippen molar-refractivity contribution in [2.75, 3.05) is 5.75 Å². The minimum Gasteiger partial charge on any atom is -0.481 e. The van der Waals surface area contributed by atoms with Gasteiger partial charge in [-0.2, -0.15) is 10.2 Å². The van der Waals surface area contributed by atoms with Crippen molar-refractivity contribution in [2.24, 2.45) is 0 Å². The highest BCUT2D eigenvalue weighted by molar-refractivity contribution is 7.99. The van der Waals surface area contributed by atoms with Gasteiger partial charge in [-0.1, -0.05) is 25.6 Å². The predicted molar refractivity (Wildman–Crippen MR) is 71.6 cm³/mol. The molecule has 6 nitrogen and oxygen atoms in total. The van der Waals surface area contributed by atoms with Crippen LogP contribution < -0.4 is 0 Å². The second-order valence-electron chi connectivity index (χ2n) is 4.24. The summed E-state index contributed by atoms with van der Waals surface area (Å²) in [4.78, 5) is 10.7. The summed E-state index contributed by atoms with van der Waals surface area (Å²) in [5.41, 5.74) is 0.901. The third-order valence-electron chi connectivity index (χ3n) is 2.41. The molecule has 19 heavy (non-hydrogen) atoms. The Morgan fingerprint density at radius 3 is 2.89 bits per heavy atom. The molecular weight excluding hydrogens is 264 g/mol. The van der Waals surface area contributed by atoms with Gasteiger partial charge in [-0.15, -0.1) is 5.10 Å². The van der Waals surface area contributed by atoms with Crippen LogP contribution in [0.15, 0.2) is 29.4 Å². The molecule has 7 heteroatoms. The molecule has 0 aliphatic rings. The molecule has 0 aliphatic carbocycles. The Balaban J connectivity index is 2.37. The molecule has 0 atom stereocenters. The van der Waals surface area contributed by atoms with Crippen molar-refractivity contribution in [3.05, 3.63) is 30.1 Å². The van der Waals surface area contributed by atoms with Gasteiger partial charge in [0.1, 0.15) is 5.03 Å². The summed E-state index contributed by atoms with van der Waals surface area (Å²) in [7, 11) is 0. The Hall–Kier alpha value is -1.89. The minimum atomic E-state index is -0.858. The number of rotatable bonds is 5. The van der Waals surface area contributed by atoms with Crippen LogP contribution in [-0.4, -0.2) is 36.8 Å². The van der Waals surface area contributed by atoms with Crippen LogP contribution in [0.25, 0.3) is 5.82 Å². The van der Waals surface area contributed by atoms with Crippen molar-refractivity contribution < 1.29 is 9.90 Å². The summed E-state index contributed by atoms with van der Waals surface area (Å²) < 4.78 is 1.63. The maximum Gasteiger partial charge on any atom is 0.313 e. The molecule has 0 aromatic carbocycles. The quantitative estimate of drug-likeness (QED) is 0.842. The average molecular weight is 278 g/mol. The predicted octanol–water partition coefficient (Wildman–Crippen LogP) is 1.96. The monoisotopic (exact) mass is 278 g/mol. The molecular formula is C12H14N4O2S. The highest BCUT2D eigenvalue weighted by Gasteiger charge is 2.14. The number of carboxylic acids is 1. The molecule has 0 saturated heterocycles. The van der Waals surface area contributed by atoms with E-state index in [1.807, 2.05) is 19.9 Å². The molecule has 0 fully saturated rings. The molecule has 1 N–H and O–H groups in total. The molecule has 0 unspecified atom stereocenters. The molecule has 2 heterocycles. The molecule has 0 radical (unpaired) electrons. The molecule has 0 aliphatic heterocycles. The molecule has 2 aromatic rings. The summed E-state index contributed by atoms with van der Waals surface area (Å²) in [5.74, 6) is -0.0175. The van der Waals surface area contributed by atoms with Crippen LogP contribution >= 0.6 is 11.8 Å². The lowest BCUT2D eigenvalue weighted by Gasteiger charge is -2.03. The zero-order chi connectivity index (χ0) is 13.8. The van der Waals surface area contributed by atoms with Crippen LogP contribution in [-0.2, 0) is 4.79 Å². The first kappa shape index (κ1) is 13.5. The maximum absolute atomic E-state index is 10.7. The third kappa shape index (κ3) is 3.31. The molecule has 0 bridgehead atoms. The molecule has 2 rings (SSSR count). The molecule has 100 valence electrons. The van der Waals surface area contributed by atoms with Crippen LogP contribution in [0.5, 0.6) is 0 Å². The van der Waals surface area contributed by atoms with E-state index in [9.17, 15) is 4.79 Å². The number of hydrogen-bond acceptors (Lipinski definition) is 5. The summed E-state index contributed by atoms with van der Waals surface area (Å²) in [6.07, 6.45) is 1.58. The van der Waals surface area contributed by atoms with E-state index in [-0.39, 0.29) is 11.7 Å². The molecule has 0 saturated carbocycles.